The van der Waals surface area contributed by atoms with Crippen molar-refractivity contribution in [1.29, 1.82) is 0 Å². The first-order valence-corrected chi connectivity index (χ1v) is 3.96. The zero-order valence-electron chi connectivity index (χ0n) is 7.94. The molecule has 4 heteroatoms. The highest BCUT2D eigenvalue weighted by molar-refractivity contribution is 6.41. The van der Waals surface area contributed by atoms with E-state index in [0.717, 1.165) is 7.11 Å². The summed E-state index contributed by atoms with van der Waals surface area (Å²) >= 11 is 0. The third kappa shape index (κ3) is 1.90. The molecule has 1 rings (SSSR count). The van der Waals surface area contributed by atoms with Crippen molar-refractivity contribution in [3.63, 3.8) is 0 Å². The van der Waals surface area contributed by atoms with Crippen LogP contribution >= 0.6 is 0 Å². The van der Waals surface area contributed by atoms with Gasteiger partial charge < -0.3 is 9.47 Å². The van der Waals surface area contributed by atoms with Gasteiger partial charge in [-0.1, -0.05) is 12.1 Å². The number of para-hydroxylation sites is 1. The van der Waals surface area contributed by atoms with Gasteiger partial charge in [0, 0.05) is 0 Å². The van der Waals surface area contributed by atoms with Gasteiger partial charge in [-0.15, -0.1) is 0 Å². The fraction of sp³-hybridized carbons (Fsp3) is 0.200. The normalized spacial score (nSPS) is 9.29. The molecular weight excluding hydrogens is 184 g/mol. The topological polar surface area (TPSA) is 52.6 Å². The van der Waals surface area contributed by atoms with E-state index in [1.807, 2.05) is 0 Å². The third-order valence-electron chi connectivity index (χ3n) is 1.72. The molecule has 0 spiro atoms. The number of ether oxygens (including phenoxy) is 2. The Balaban J connectivity index is 3.06. The first-order chi connectivity index (χ1) is 6.70. The van der Waals surface area contributed by atoms with Crippen LogP contribution in [0.1, 0.15) is 10.4 Å². The van der Waals surface area contributed by atoms with Gasteiger partial charge in [0.2, 0.25) is 0 Å². The second-order valence-corrected chi connectivity index (χ2v) is 2.52. The molecule has 4 nitrogen and oxygen atoms in total. The molecule has 74 valence electrons. The monoisotopic (exact) mass is 194 g/mol. The Morgan fingerprint density at radius 1 is 1.14 bits per heavy atom. The lowest BCUT2D eigenvalue weighted by Crippen LogP contribution is -2.16. The number of carbonyl (C=O) groups excluding carboxylic acids is 2. The quantitative estimate of drug-likeness (QED) is 0.410. The second-order valence-electron chi connectivity index (χ2n) is 2.52. The summed E-state index contributed by atoms with van der Waals surface area (Å²) in [6, 6.07) is 6.49. The Bertz CT molecular complexity index is 357. The van der Waals surface area contributed by atoms with Crippen LogP contribution in [0.3, 0.4) is 0 Å². The minimum atomic E-state index is -0.894. The standard InChI is InChI=1S/C10H10O4/c1-13-8-6-4-3-5-7(8)9(11)10(12)14-2/h3-6H,1-2H3. The highest BCUT2D eigenvalue weighted by Gasteiger charge is 2.19. The number of Topliss-reactive ketones (excluding diaryl/α,β-unsaturated/α-hetero) is 1. The number of rotatable bonds is 3. The molecule has 0 bridgehead atoms. The molecular formula is C10H10O4. The summed E-state index contributed by atoms with van der Waals surface area (Å²) in [6.07, 6.45) is 0. The molecule has 0 saturated carbocycles. The number of benzene rings is 1. The number of ketones is 1. The summed E-state index contributed by atoms with van der Waals surface area (Å²) in [5.41, 5.74) is 0.210. The van der Waals surface area contributed by atoms with Crippen molar-refractivity contribution in [3.8, 4) is 5.75 Å². The zero-order valence-corrected chi connectivity index (χ0v) is 7.94. The first kappa shape index (κ1) is 10.2. The molecule has 0 amide bonds. The summed E-state index contributed by atoms with van der Waals surface area (Å²) in [5, 5.41) is 0. The van der Waals surface area contributed by atoms with E-state index in [1.54, 1.807) is 18.2 Å². The number of hydrogen-bond acceptors (Lipinski definition) is 4. The lowest BCUT2D eigenvalue weighted by molar-refractivity contribution is -0.135. The van der Waals surface area contributed by atoms with Crippen LogP contribution in [0.5, 0.6) is 5.75 Å². The van der Waals surface area contributed by atoms with E-state index in [1.165, 1.54) is 13.2 Å². The van der Waals surface area contributed by atoms with E-state index < -0.39 is 11.8 Å². The van der Waals surface area contributed by atoms with E-state index in [9.17, 15) is 9.59 Å². The molecule has 0 aliphatic heterocycles. The summed E-state index contributed by atoms with van der Waals surface area (Å²) < 4.78 is 9.25. The number of carbonyl (C=O) groups is 2. The van der Waals surface area contributed by atoms with Crippen LogP contribution in [-0.2, 0) is 9.53 Å². The maximum atomic E-state index is 11.4. The molecule has 0 heterocycles. The molecule has 1 aromatic carbocycles. The minimum Gasteiger partial charge on any atom is -0.496 e. The van der Waals surface area contributed by atoms with Crippen LogP contribution < -0.4 is 4.74 Å². The molecule has 1 aromatic rings. The van der Waals surface area contributed by atoms with Crippen molar-refractivity contribution in [2.75, 3.05) is 14.2 Å². The Kier molecular flexibility index (Phi) is 3.23. The molecule has 14 heavy (non-hydrogen) atoms. The van der Waals surface area contributed by atoms with E-state index >= 15 is 0 Å². The molecule has 0 aliphatic carbocycles. The Hall–Kier alpha value is -1.84. The van der Waals surface area contributed by atoms with Crippen molar-refractivity contribution in [3.05, 3.63) is 29.8 Å². The zero-order chi connectivity index (χ0) is 10.6. The van der Waals surface area contributed by atoms with Crippen molar-refractivity contribution < 1.29 is 19.1 Å². The van der Waals surface area contributed by atoms with Gasteiger partial charge in [-0.25, -0.2) is 4.79 Å². The fourth-order valence-corrected chi connectivity index (χ4v) is 1.03. The smallest absolute Gasteiger partial charge is 0.379 e. The average molecular weight is 194 g/mol. The van der Waals surface area contributed by atoms with Crippen LogP contribution in [-0.4, -0.2) is 26.0 Å². The molecule has 0 fully saturated rings. The van der Waals surface area contributed by atoms with Gasteiger partial charge in [-0.3, -0.25) is 4.79 Å². The summed E-state index contributed by atoms with van der Waals surface area (Å²) in [7, 11) is 2.60. The lowest BCUT2D eigenvalue weighted by Gasteiger charge is -2.04. The van der Waals surface area contributed by atoms with Gasteiger partial charge in [0.15, 0.2) is 0 Å². The first-order valence-electron chi connectivity index (χ1n) is 3.96. The van der Waals surface area contributed by atoms with Crippen LogP contribution in [0.4, 0.5) is 0 Å². The largest absolute Gasteiger partial charge is 0.496 e. The van der Waals surface area contributed by atoms with Crippen molar-refractivity contribution in [2.45, 2.75) is 0 Å². The Morgan fingerprint density at radius 3 is 2.36 bits per heavy atom. The number of hydrogen-bond donors (Lipinski definition) is 0. The summed E-state index contributed by atoms with van der Waals surface area (Å²) in [4.78, 5) is 22.4. The summed E-state index contributed by atoms with van der Waals surface area (Å²) in [6.45, 7) is 0. The Labute approximate surface area is 81.4 Å². The molecule has 0 N–H and O–H groups in total. The van der Waals surface area contributed by atoms with Crippen molar-refractivity contribution in [2.24, 2.45) is 0 Å². The van der Waals surface area contributed by atoms with Gasteiger partial charge >= 0.3 is 5.97 Å². The van der Waals surface area contributed by atoms with E-state index in [-0.39, 0.29) is 5.56 Å². The van der Waals surface area contributed by atoms with Crippen molar-refractivity contribution in [1.82, 2.24) is 0 Å². The van der Waals surface area contributed by atoms with Crippen molar-refractivity contribution >= 4 is 11.8 Å². The van der Waals surface area contributed by atoms with Gasteiger partial charge in [0.05, 0.1) is 19.8 Å². The lowest BCUT2D eigenvalue weighted by atomic mass is 10.1. The van der Waals surface area contributed by atoms with E-state index in [0.29, 0.717) is 5.75 Å². The maximum Gasteiger partial charge on any atom is 0.379 e. The predicted octanol–water partition coefficient (Wildman–Crippen LogP) is 1.05. The molecule has 0 aliphatic rings. The minimum absolute atomic E-state index is 0.210. The molecule has 0 unspecified atom stereocenters. The summed E-state index contributed by atoms with van der Waals surface area (Å²) in [5.74, 6) is -1.23. The SMILES string of the molecule is COC(=O)C(=O)c1ccccc1OC. The molecule has 0 atom stereocenters. The highest BCUT2D eigenvalue weighted by Crippen LogP contribution is 2.17. The molecule has 0 aromatic heterocycles. The number of esters is 1. The van der Waals surface area contributed by atoms with Crippen LogP contribution in [0, 0.1) is 0 Å². The van der Waals surface area contributed by atoms with Gasteiger partial charge in [0.1, 0.15) is 5.75 Å². The molecule has 0 saturated heterocycles. The van der Waals surface area contributed by atoms with E-state index in [2.05, 4.69) is 4.74 Å². The second kappa shape index (κ2) is 4.41. The van der Waals surface area contributed by atoms with Gasteiger partial charge in [-0.05, 0) is 12.1 Å². The molecule has 0 radical (unpaired) electrons. The predicted molar refractivity (Wildman–Crippen MR) is 49.3 cm³/mol. The van der Waals surface area contributed by atoms with Crippen LogP contribution in [0.2, 0.25) is 0 Å². The van der Waals surface area contributed by atoms with Crippen LogP contribution in [0.15, 0.2) is 24.3 Å². The van der Waals surface area contributed by atoms with Gasteiger partial charge in [0.25, 0.3) is 5.78 Å². The Morgan fingerprint density at radius 2 is 1.79 bits per heavy atom. The number of methoxy groups -OCH3 is 2. The maximum absolute atomic E-state index is 11.4. The van der Waals surface area contributed by atoms with Crippen LogP contribution in [0.25, 0.3) is 0 Å². The average Bonchev–Trinajstić information content (AvgIpc) is 2.26. The van der Waals surface area contributed by atoms with E-state index in [4.69, 9.17) is 4.74 Å². The fourth-order valence-electron chi connectivity index (χ4n) is 1.03. The third-order valence-corrected chi connectivity index (χ3v) is 1.72. The highest BCUT2D eigenvalue weighted by atomic mass is 16.5. The van der Waals surface area contributed by atoms with Gasteiger partial charge in [-0.2, -0.15) is 0 Å².